The van der Waals surface area contributed by atoms with E-state index in [4.69, 9.17) is 4.98 Å². The second kappa shape index (κ2) is 11.6. The second-order valence-corrected chi connectivity index (χ2v) is 11.3. The Balaban J connectivity index is 1.75. The molecule has 0 saturated heterocycles. The van der Waals surface area contributed by atoms with E-state index >= 15 is 0 Å². The molecule has 42 heavy (non-hydrogen) atoms. The predicted octanol–water partition coefficient (Wildman–Crippen LogP) is 7.69. The van der Waals surface area contributed by atoms with Gasteiger partial charge < -0.3 is 15.7 Å². The molecular weight excluding hydrogens is 541 g/mol. The van der Waals surface area contributed by atoms with Gasteiger partial charge in [-0.2, -0.15) is 13.2 Å². The van der Waals surface area contributed by atoms with Crippen molar-refractivity contribution in [3.05, 3.63) is 101 Å². The van der Waals surface area contributed by atoms with E-state index in [0.717, 1.165) is 17.2 Å². The van der Waals surface area contributed by atoms with E-state index in [0.29, 0.717) is 34.6 Å². The highest BCUT2D eigenvalue weighted by Gasteiger charge is 2.47. The zero-order valence-corrected chi connectivity index (χ0v) is 24.3. The van der Waals surface area contributed by atoms with Gasteiger partial charge in [0.2, 0.25) is 0 Å². The molecule has 1 heterocycles. The van der Waals surface area contributed by atoms with E-state index in [2.05, 4.69) is 36.2 Å². The van der Waals surface area contributed by atoms with Crippen LogP contribution in [0.3, 0.4) is 0 Å². The Morgan fingerprint density at radius 1 is 1.10 bits per heavy atom. The molecule has 0 saturated carbocycles. The number of allylic oxidation sites excluding steroid dienone is 4. The molecule has 4 rings (SSSR count). The molecular formula is C33H35F3N4O2. The molecule has 2 aromatic carbocycles. The van der Waals surface area contributed by atoms with E-state index in [9.17, 15) is 23.1 Å². The number of carbonyl (C=O) groups excluding carboxylic acids is 1. The van der Waals surface area contributed by atoms with E-state index in [-0.39, 0.29) is 11.0 Å². The number of hydrogen-bond acceptors (Lipinski definition) is 4. The fourth-order valence-electron chi connectivity index (χ4n) is 5.51. The van der Waals surface area contributed by atoms with Gasteiger partial charge in [-0.15, -0.1) is 0 Å². The monoisotopic (exact) mass is 576 g/mol. The smallest absolute Gasteiger partial charge is 0.390 e. The second-order valence-electron chi connectivity index (χ2n) is 11.3. The molecule has 0 fully saturated rings. The Morgan fingerprint density at radius 3 is 2.31 bits per heavy atom. The normalized spacial score (nSPS) is 20.5. The number of rotatable bonds is 6. The number of nitrogens with one attached hydrogen (secondary N) is 2. The van der Waals surface area contributed by atoms with Gasteiger partial charge in [0.05, 0.1) is 28.7 Å². The third-order valence-corrected chi connectivity index (χ3v) is 7.80. The summed E-state index contributed by atoms with van der Waals surface area (Å²) in [5, 5.41) is 17.1. The molecule has 2 amide bonds. The molecule has 1 aromatic heterocycles. The van der Waals surface area contributed by atoms with Crippen LogP contribution in [0, 0.1) is 6.92 Å². The molecule has 6 nitrogen and oxygen atoms in total. The number of aliphatic imine (C=N–C) groups is 1. The summed E-state index contributed by atoms with van der Waals surface area (Å²) in [5.41, 5.74) is 1.82. The summed E-state index contributed by atoms with van der Waals surface area (Å²) in [6, 6.07) is 17.9. The standard InChI is InChI=1S/C33H35F3N4O2/c1-7-21(18-26(37-6)33(34,35)36)28-20(2)17-25(29(39-28)22-13-9-8-10-14-22)38-30(42)40-32(5)24-16-12-11-15-23(24)31(3,4)19-27(32)41/h7-18,27,41H,6,19H2,1-5H3,(H2,38,40,42)/b21-7+,26-18-/t27-,32+/m1/s1. The van der Waals surface area contributed by atoms with Gasteiger partial charge in [-0.1, -0.05) is 74.5 Å². The number of fused-ring (bicyclic) bond motifs is 1. The first-order chi connectivity index (χ1) is 19.7. The number of nitrogens with zero attached hydrogens (tertiary/aromatic N) is 2. The Bertz CT molecular complexity index is 1560. The number of aromatic nitrogens is 1. The zero-order chi connectivity index (χ0) is 30.9. The first-order valence-corrected chi connectivity index (χ1v) is 13.6. The summed E-state index contributed by atoms with van der Waals surface area (Å²) in [5.74, 6) is 0. The molecule has 1 aliphatic carbocycles. The Labute approximate surface area is 244 Å². The van der Waals surface area contributed by atoms with Gasteiger partial charge in [-0.3, -0.25) is 4.99 Å². The van der Waals surface area contributed by atoms with Crippen LogP contribution in [-0.4, -0.2) is 35.1 Å². The summed E-state index contributed by atoms with van der Waals surface area (Å²) in [7, 11) is 0. The quantitative estimate of drug-likeness (QED) is 0.208. The van der Waals surface area contributed by atoms with Gasteiger partial charge in [-0.05, 0) is 73.7 Å². The van der Waals surface area contributed by atoms with Crippen LogP contribution >= 0.6 is 0 Å². The number of urea groups is 1. The molecule has 0 radical (unpaired) electrons. The van der Waals surface area contributed by atoms with Crippen LogP contribution in [0.15, 0.2) is 83.5 Å². The van der Waals surface area contributed by atoms with Crippen molar-refractivity contribution in [2.75, 3.05) is 5.32 Å². The van der Waals surface area contributed by atoms with Crippen LogP contribution in [0.5, 0.6) is 0 Å². The number of pyridine rings is 1. The van der Waals surface area contributed by atoms with Crippen LogP contribution in [0.1, 0.15) is 56.5 Å². The number of aryl methyl sites for hydroxylation is 1. The Hall–Kier alpha value is -4.24. The fraction of sp³-hybridized carbons (Fsp3) is 0.303. The molecule has 3 N–H and O–H groups in total. The number of amides is 2. The van der Waals surface area contributed by atoms with Crippen molar-refractivity contribution in [2.45, 2.75) is 64.3 Å². The molecule has 220 valence electrons. The van der Waals surface area contributed by atoms with Crippen LogP contribution in [0.25, 0.3) is 16.8 Å². The van der Waals surface area contributed by atoms with E-state index < -0.39 is 29.5 Å². The topological polar surface area (TPSA) is 86.6 Å². The number of hydrogen-bond donors (Lipinski definition) is 3. The fourth-order valence-corrected chi connectivity index (χ4v) is 5.51. The number of aliphatic hydroxyl groups excluding tert-OH is 1. The number of anilines is 1. The first kappa shape index (κ1) is 30.7. The van der Waals surface area contributed by atoms with E-state index in [1.54, 1.807) is 51.1 Å². The molecule has 1 aliphatic rings. The molecule has 3 aromatic rings. The lowest BCUT2D eigenvalue weighted by atomic mass is 9.64. The van der Waals surface area contributed by atoms with Gasteiger partial charge in [0.25, 0.3) is 0 Å². The number of carbonyl (C=O) groups is 1. The highest BCUT2D eigenvalue weighted by Crippen LogP contribution is 2.45. The maximum Gasteiger partial charge on any atom is 0.433 e. The van der Waals surface area contributed by atoms with Gasteiger partial charge in [0.15, 0.2) is 0 Å². The number of alkyl halides is 3. The molecule has 0 bridgehead atoms. The minimum atomic E-state index is -4.68. The third kappa shape index (κ3) is 6.01. The third-order valence-electron chi connectivity index (χ3n) is 7.80. The molecule has 0 aliphatic heterocycles. The van der Waals surface area contributed by atoms with Crippen molar-refractivity contribution in [3.8, 4) is 11.3 Å². The average Bonchev–Trinajstić information content (AvgIpc) is 2.93. The highest BCUT2D eigenvalue weighted by molar-refractivity contribution is 5.95. The summed E-state index contributed by atoms with van der Waals surface area (Å²) in [6.45, 7) is 12.3. The van der Waals surface area contributed by atoms with Gasteiger partial charge >= 0.3 is 12.2 Å². The molecule has 0 unspecified atom stereocenters. The molecule has 9 heteroatoms. The predicted molar refractivity (Wildman–Crippen MR) is 161 cm³/mol. The minimum Gasteiger partial charge on any atom is -0.390 e. The summed E-state index contributed by atoms with van der Waals surface area (Å²) in [4.78, 5) is 21.4. The maximum atomic E-state index is 13.5. The SMILES string of the molecule is C=N/C(=C\C(=C/C)c1nc(-c2ccccc2)c(NC(=O)N[C@@]2(C)c3ccccc3C(C)(C)C[C@H]2O)cc1C)C(F)(F)F. The zero-order valence-electron chi connectivity index (χ0n) is 24.3. The van der Waals surface area contributed by atoms with Crippen molar-refractivity contribution in [2.24, 2.45) is 4.99 Å². The largest absolute Gasteiger partial charge is 0.433 e. The lowest BCUT2D eigenvalue weighted by Gasteiger charge is -2.47. The lowest BCUT2D eigenvalue weighted by Crippen LogP contribution is -2.57. The van der Waals surface area contributed by atoms with Crippen molar-refractivity contribution < 1.29 is 23.1 Å². The molecule has 2 atom stereocenters. The minimum absolute atomic E-state index is 0.206. The van der Waals surface area contributed by atoms with Crippen LogP contribution in [-0.2, 0) is 11.0 Å². The summed E-state index contributed by atoms with van der Waals surface area (Å²) >= 11 is 0. The Morgan fingerprint density at radius 2 is 1.71 bits per heavy atom. The van der Waals surface area contributed by atoms with Gasteiger partial charge in [-0.25, -0.2) is 9.78 Å². The Kier molecular flexibility index (Phi) is 8.46. The maximum absolute atomic E-state index is 13.5. The highest BCUT2D eigenvalue weighted by atomic mass is 19.4. The first-order valence-electron chi connectivity index (χ1n) is 13.6. The van der Waals surface area contributed by atoms with Crippen LogP contribution < -0.4 is 10.6 Å². The van der Waals surface area contributed by atoms with Crippen molar-refractivity contribution in [3.63, 3.8) is 0 Å². The van der Waals surface area contributed by atoms with Gasteiger partial charge in [0, 0.05) is 5.56 Å². The van der Waals surface area contributed by atoms with Crippen LogP contribution in [0.4, 0.5) is 23.7 Å². The van der Waals surface area contributed by atoms with Crippen LogP contribution in [0.2, 0.25) is 0 Å². The number of halogens is 3. The van der Waals surface area contributed by atoms with Crippen molar-refractivity contribution in [1.29, 1.82) is 0 Å². The van der Waals surface area contributed by atoms with E-state index in [1.165, 1.54) is 6.08 Å². The van der Waals surface area contributed by atoms with E-state index in [1.807, 2.05) is 30.3 Å². The lowest BCUT2D eigenvalue weighted by molar-refractivity contribution is -0.0921. The summed E-state index contributed by atoms with van der Waals surface area (Å²) < 4.78 is 40.3. The number of benzene rings is 2. The number of aliphatic hydroxyl groups is 1. The van der Waals surface area contributed by atoms with Gasteiger partial charge in [0.1, 0.15) is 5.70 Å². The summed E-state index contributed by atoms with van der Waals surface area (Å²) in [6.07, 6.45) is -2.66. The average molecular weight is 577 g/mol. The van der Waals surface area contributed by atoms with Crippen molar-refractivity contribution >= 4 is 24.0 Å². The molecule has 0 spiro atoms. The van der Waals surface area contributed by atoms with Crippen molar-refractivity contribution in [1.82, 2.24) is 10.3 Å².